The number of halogens is 1. The molecule has 0 N–H and O–H groups in total. The van der Waals surface area contributed by atoms with E-state index >= 15 is 0 Å². The second-order valence-electron chi connectivity index (χ2n) is 8.22. The maximum absolute atomic E-state index is 6.50. The van der Waals surface area contributed by atoms with Crippen molar-refractivity contribution in [2.75, 3.05) is 6.61 Å². The lowest BCUT2D eigenvalue weighted by Crippen LogP contribution is -2.61. The largest absolute Gasteiger partial charge is 0.368 e. The molecule has 172 valence electrons. The molecule has 0 unspecified atom stereocenters. The molecule has 5 rings (SSSR count). The Kier molecular flexibility index (Phi) is 7.71. The third kappa shape index (κ3) is 5.65. The number of hydrogen-bond donors (Lipinski definition) is 0. The van der Waals surface area contributed by atoms with E-state index < -0.39 is 6.29 Å². The molecule has 6 atom stereocenters. The monoisotopic (exact) mass is 558 g/mol. The normalized spacial score (nSPS) is 29.4. The molecule has 0 saturated carbocycles. The third-order valence-electron chi connectivity index (χ3n) is 5.91. The summed E-state index contributed by atoms with van der Waals surface area (Å²) in [5.41, 5.74) is 3.20. The van der Waals surface area contributed by atoms with Crippen LogP contribution in [0.4, 0.5) is 0 Å². The molecule has 3 aromatic carbocycles. The molecule has 2 aliphatic rings. The topological polar surface area (TPSA) is 46.2 Å². The fourth-order valence-electron chi connectivity index (χ4n) is 4.21. The fraction of sp³-hybridized carbons (Fsp3) is 0.333. The number of benzene rings is 3. The van der Waals surface area contributed by atoms with E-state index in [1.165, 1.54) is 0 Å². The van der Waals surface area contributed by atoms with Gasteiger partial charge in [0, 0.05) is 5.56 Å². The lowest BCUT2D eigenvalue weighted by molar-refractivity contribution is -0.327. The van der Waals surface area contributed by atoms with Gasteiger partial charge in [0.05, 0.1) is 19.8 Å². The predicted octanol–water partition coefficient (Wildman–Crippen LogP) is 5.43. The van der Waals surface area contributed by atoms with E-state index in [1.807, 2.05) is 66.7 Å². The molecule has 2 heterocycles. The van der Waals surface area contributed by atoms with E-state index in [0.29, 0.717) is 19.8 Å². The summed E-state index contributed by atoms with van der Waals surface area (Å²) in [7, 11) is 0. The summed E-state index contributed by atoms with van der Waals surface area (Å²) in [5, 5.41) is 0. The highest BCUT2D eigenvalue weighted by Gasteiger charge is 2.50. The number of fused-ring (bicyclic) bond motifs is 1. The van der Waals surface area contributed by atoms with Crippen molar-refractivity contribution in [1.29, 1.82) is 0 Å². The van der Waals surface area contributed by atoms with Crippen LogP contribution in [-0.2, 0) is 36.9 Å². The van der Waals surface area contributed by atoms with E-state index in [2.05, 4.69) is 46.9 Å². The Hall–Kier alpha value is -1.81. The van der Waals surface area contributed by atoms with Crippen molar-refractivity contribution in [1.82, 2.24) is 0 Å². The van der Waals surface area contributed by atoms with E-state index in [0.717, 1.165) is 16.7 Å². The number of ether oxygens (including phenoxy) is 5. The van der Waals surface area contributed by atoms with Gasteiger partial charge in [-0.25, -0.2) is 0 Å². The van der Waals surface area contributed by atoms with E-state index in [1.54, 1.807) is 0 Å². The molecule has 0 bridgehead atoms. The summed E-state index contributed by atoms with van der Waals surface area (Å²) < 4.78 is 31.5. The Bertz CT molecular complexity index is 987. The van der Waals surface area contributed by atoms with Gasteiger partial charge >= 0.3 is 0 Å². The highest BCUT2D eigenvalue weighted by Crippen LogP contribution is 2.38. The third-order valence-corrected chi connectivity index (χ3v) is 6.91. The van der Waals surface area contributed by atoms with Gasteiger partial charge in [-0.05, 0) is 33.7 Å². The van der Waals surface area contributed by atoms with Crippen LogP contribution < -0.4 is 0 Å². The first-order valence-electron chi connectivity index (χ1n) is 11.2. The summed E-state index contributed by atoms with van der Waals surface area (Å²) in [6.07, 6.45) is -1.57. The van der Waals surface area contributed by atoms with Gasteiger partial charge < -0.3 is 23.7 Å². The van der Waals surface area contributed by atoms with Gasteiger partial charge in [0.1, 0.15) is 28.5 Å². The van der Waals surface area contributed by atoms with Crippen LogP contribution in [0.5, 0.6) is 0 Å². The molecule has 0 aromatic heterocycles. The molecule has 0 spiro atoms. The molecule has 3 aromatic rings. The number of hydrogen-bond acceptors (Lipinski definition) is 5. The summed E-state index contributed by atoms with van der Waals surface area (Å²) in [6.45, 7) is 1.40. The van der Waals surface area contributed by atoms with Crippen LogP contribution in [0.1, 0.15) is 23.0 Å². The zero-order chi connectivity index (χ0) is 22.5. The summed E-state index contributed by atoms with van der Waals surface area (Å²) in [5.74, 6) is 0. The first kappa shape index (κ1) is 23.0. The Morgan fingerprint density at radius 1 is 0.697 bits per heavy atom. The minimum atomic E-state index is -0.459. The molecule has 2 fully saturated rings. The fourth-order valence-corrected chi connectivity index (χ4v) is 5.21. The van der Waals surface area contributed by atoms with Crippen LogP contribution in [0, 0.1) is 0 Å². The van der Waals surface area contributed by atoms with E-state index in [4.69, 9.17) is 23.7 Å². The first-order chi connectivity index (χ1) is 16.3. The smallest absolute Gasteiger partial charge is 0.184 e. The van der Waals surface area contributed by atoms with Crippen LogP contribution in [-0.4, -0.2) is 35.1 Å². The molecule has 0 amide bonds. The van der Waals surface area contributed by atoms with Crippen LogP contribution in [0.25, 0.3) is 0 Å². The van der Waals surface area contributed by atoms with Gasteiger partial charge in [-0.3, -0.25) is 0 Å². The van der Waals surface area contributed by atoms with Gasteiger partial charge in [0.25, 0.3) is 0 Å². The van der Waals surface area contributed by atoms with Crippen LogP contribution in [0.15, 0.2) is 91.0 Å². The molecular weight excluding hydrogens is 531 g/mol. The molecule has 33 heavy (non-hydrogen) atoms. The van der Waals surface area contributed by atoms with Crippen LogP contribution in [0.3, 0.4) is 0 Å². The first-order valence-corrected chi connectivity index (χ1v) is 12.4. The predicted molar refractivity (Wildman–Crippen MR) is 133 cm³/mol. The van der Waals surface area contributed by atoms with Crippen molar-refractivity contribution in [3.63, 3.8) is 0 Å². The Balaban J connectivity index is 1.36. The maximum atomic E-state index is 6.50. The van der Waals surface area contributed by atoms with Crippen LogP contribution in [0.2, 0.25) is 0 Å². The number of rotatable bonds is 7. The standard InChI is InChI=1S/C27H27IO5/c28-26-25(30-17-20-12-6-2-7-13-20)24(29-16-19-10-4-1-5-11-19)23-22(32-26)18-31-27(33-23)21-14-8-3-9-15-21/h1-15,22-27H,16-18H2/t22-,23-,24+,25+,26+,27-/m1/s1. The molecule has 5 nitrogen and oxygen atoms in total. The van der Waals surface area contributed by atoms with Crippen molar-refractivity contribution in [2.45, 2.75) is 48.0 Å². The highest BCUT2D eigenvalue weighted by molar-refractivity contribution is 14.1. The van der Waals surface area contributed by atoms with Gasteiger partial charge in [-0.15, -0.1) is 0 Å². The van der Waals surface area contributed by atoms with Crippen molar-refractivity contribution in [3.8, 4) is 0 Å². The van der Waals surface area contributed by atoms with Crippen molar-refractivity contribution < 1.29 is 23.7 Å². The molecule has 2 saturated heterocycles. The molecular formula is C27H27IO5. The van der Waals surface area contributed by atoms with Crippen molar-refractivity contribution in [3.05, 3.63) is 108 Å². The van der Waals surface area contributed by atoms with Crippen molar-refractivity contribution in [2.24, 2.45) is 0 Å². The lowest BCUT2D eigenvalue weighted by Gasteiger charge is -2.48. The zero-order valence-electron chi connectivity index (χ0n) is 18.2. The minimum Gasteiger partial charge on any atom is -0.368 e. The highest BCUT2D eigenvalue weighted by atomic mass is 127. The Morgan fingerprint density at radius 3 is 1.85 bits per heavy atom. The summed E-state index contributed by atoms with van der Waals surface area (Å²) in [6, 6.07) is 30.3. The summed E-state index contributed by atoms with van der Waals surface area (Å²) >= 11 is 2.30. The molecule has 2 aliphatic heterocycles. The van der Waals surface area contributed by atoms with Gasteiger partial charge in [0.2, 0.25) is 0 Å². The van der Waals surface area contributed by atoms with E-state index in [-0.39, 0.29) is 28.5 Å². The average molecular weight is 558 g/mol. The zero-order valence-corrected chi connectivity index (χ0v) is 20.3. The second kappa shape index (κ2) is 11.1. The average Bonchev–Trinajstić information content (AvgIpc) is 2.88. The molecule has 0 aliphatic carbocycles. The molecule has 6 heteroatoms. The van der Waals surface area contributed by atoms with Crippen molar-refractivity contribution >= 4 is 22.6 Å². The quantitative estimate of drug-likeness (QED) is 0.286. The van der Waals surface area contributed by atoms with Crippen LogP contribution >= 0.6 is 22.6 Å². The maximum Gasteiger partial charge on any atom is 0.184 e. The Labute approximate surface area is 208 Å². The number of alkyl halides is 1. The molecule has 0 radical (unpaired) electrons. The van der Waals surface area contributed by atoms with Gasteiger partial charge in [0.15, 0.2) is 6.29 Å². The minimum absolute atomic E-state index is 0.186. The SMILES string of the molecule is I[C@H]1O[C@@H]2CO[C@@H](c3ccccc3)O[C@H]2[C@H](OCc2ccccc2)[C@@H]1OCc1ccccc1. The van der Waals surface area contributed by atoms with Gasteiger partial charge in [-0.1, -0.05) is 91.0 Å². The summed E-state index contributed by atoms with van der Waals surface area (Å²) in [4.78, 5) is 0. The van der Waals surface area contributed by atoms with E-state index in [9.17, 15) is 0 Å². The van der Waals surface area contributed by atoms with Gasteiger partial charge in [-0.2, -0.15) is 0 Å². The second-order valence-corrected chi connectivity index (χ2v) is 9.45. The Morgan fingerprint density at radius 2 is 1.24 bits per heavy atom. The lowest BCUT2D eigenvalue weighted by atomic mass is 9.98.